The zero-order valence-corrected chi connectivity index (χ0v) is 14.6. The van der Waals surface area contributed by atoms with E-state index in [1.807, 2.05) is 13.8 Å². The van der Waals surface area contributed by atoms with Gasteiger partial charge >= 0.3 is 11.9 Å². The quantitative estimate of drug-likeness (QED) is 0.323. The van der Waals surface area contributed by atoms with Crippen molar-refractivity contribution in [2.24, 2.45) is 0 Å². The van der Waals surface area contributed by atoms with E-state index in [2.05, 4.69) is 0 Å². The fourth-order valence-electron chi connectivity index (χ4n) is 2.06. The second-order valence-electron chi connectivity index (χ2n) is 5.84. The topological polar surface area (TPSA) is 78.6 Å². The number of halogens is 1. The van der Waals surface area contributed by atoms with Gasteiger partial charge in [0.2, 0.25) is 0 Å². The van der Waals surface area contributed by atoms with Crippen LogP contribution in [-0.2, 0) is 24.5 Å². The van der Waals surface area contributed by atoms with Gasteiger partial charge in [-0.1, -0.05) is 32.8 Å². The van der Waals surface area contributed by atoms with Crippen LogP contribution in [0.15, 0.2) is 18.2 Å². The number of esters is 2. The van der Waals surface area contributed by atoms with Crippen LogP contribution in [0.1, 0.15) is 52.0 Å². The predicted octanol–water partition coefficient (Wildman–Crippen LogP) is 3.35. The molecule has 0 radical (unpaired) electrons. The molecule has 24 heavy (non-hydrogen) atoms. The van der Waals surface area contributed by atoms with E-state index >= 15 is 0 Å². The molecule has 0 aliphatic carbocycles. The largest absolute Gasteiger partial charge is 0.465 e. The molecular weight excluding hydrogens is 313 g/mol. The third-order valence-electron chi connectivity index (χ3n) is 3.86. The molecule has 0 aromatic heterocycles. The Labute approximate surface area is 142 Å². The Hall–Kier alpha value is -2.11. The van der Waals surface area contributed by atoms with Crippen molar-refractivity contribution in [3.63, 3.8) is 0 Å². The minimum absolute atomic E-state index is 0.0557. The number of anilines is 1. The number of unbranched alkanes of at least 4 members (excludes halogenated alkanes) is 2. The van der Waals surface area contributed by atoms with Crippen LogP contribution in [0.2, 0.25) is 0 Å². The van der Waals surface area contributed by atoms with Crippen molar-refractivity contribution >= 4 is 17.6 Å². The smallest absolute Gasteiger partial charge is 0.327 e. The van der Waals surface area contributed by atoms with E-state index in [-0.39, 0.29) is 24.5 Å². The molecular formula is C18H26FNO4. The van der Waals surface area contributed by atoms with E-state index in [1.54, 1.807) is 0 Å². The third kappa shape index (κ3) is 4.69. The summed E-state index contributed by atoms with van der Waals surface area (Å²) in [6.45, 7) is 5.71. The molecule has 1 aromatic rings. The van der Waals surface area contributed by atoms with Gasteiger partial charge in [0, 0.05) is 0 Å². The van der Waals surface area contributed by atoms with Crippen molar-refractivity contribution in [1.82, 2.24) is 0 Å². The van der Waals surface area contributed by atoms with Gasteiger partial charge in [-0.2, -0.15) is 0 Å². The number of ether oxygens (including phenoxy) is 2. The first-order chi connectivity index (χ1) is 11.4. The van der Waals surface area contributed by atoms with Gasteiger partial charge in [-0.15, -0.1) is 0 Å². The Morgan fingerprint density at radius 2 is 1.58 bits per heavy atom. The maximum atomic E-state index is 13.8. The number of hydrogen-bond donors (Lipinski definition) is 1. The summed E-state index contributed by atoms with van der Waals surface area (Å²) in [5.74, 6) is -2.19. The number of rotatable bonds is 9. The SMILES string of the molecule is CCCCOC(=O)C(C)(C(=O)OCCCC)c1ccc(N)c(F)c1. The summed E-state index contributed by atoms with van der Waals surface area (Å²) >= 11 is 0. The van der Waals surface area contributed by atoms with Gasteiger partial charge in [0.15, 0.2) is 5.41 Å². The first-order valence-corrected chi connectivity index (χ1v) is 8.27. The number of carbonyl (C=O) groups is 2. The van der Waals surface area contributed by atoms with Gasteiger partial charge < -0.3 is 15.2 Å². The highest BCUT2D eigenvalue weighted by molar-refractivity contribution is 6.06. The summed E-state index contributed by atoms with van der Waals surface area (Å²) in [7, 11) is 0. The van der Waals surface area contributed by atoms with Crippen LogP contribution in [0.25, 0.3) is 0 Å². The summed E-state index contributed by atoms with van der Waals surface area (Å²) in [6.07, 6.45) is 3.06. The lowest BCUT2D eigenvalue weighted by molar-refractivity contribution is -0.164. The summed E-state index contributed by atoms with van der Waals surface area (Å²) in [5.41, 5.74) is 3.86. The molecule has 2 N–H and O–H groups in total. The first-order valence-electron chi connectivity index (χ1n) is 8.27. The molecule has 134 valence electrons. The lowest BCUT2D eigenvalue weighted by Crippen LogP contribution is -2.44. The molecule has 1 aromatic carbocycles. The maximum absolute atomic E-state index is 13.8. The van der Waals surface area contributed by atoms with Gasteiger partial charge in [0.05, 0.1) is 18.9 Å². The van der Waals surface area contributed by atoms with E-state index < -0.39 is 23.2 Å². The number of nitrogens with two attached hydrogens (primary N) is 1. The molecule has 0 amide bonds. The highest BCUT2D eigenvalue weighted by atomic mass is 19.1. The standard InChI is InChI=1S/C18H26FNO4/c1-4-6-10-23-16(21)18(3,17(22)24-11-7-5-2)13-8-9-15(20)14(19)12-13/h8-9,12H,4-7,10-11,20H2,1-3H3. The van der Waals surface area contributed by atoms with Crippen LogP contribution in [-0.4, -0.2) is 25.2 Å². The summed E-state index contributed by atoms with van der Waals surface area (Å²) < 4.78 is 24.2. The Morgan fingerprint density at radius 3 is 2.00 bits per heavy atom. The highest BCUT2D eigenvalue weighted by Gasteiger charge is 2.46. The highest BCUT2D eigenvalue weighted by Crippen LogP contribution is 2.29. The second-order valence-corrected chi connectivity index (χ2v) is 5.84. The van der Waals surface area contributed by atoms with Crippen LogP contribution in [0.3, 0.4) is 0 Å². The summed E-state index contributed by atoms with van der Waals surface area (Å²) in [4.78, 5) is 25.1. The third-order valence-corrected chi connectivity index (χ3v) is 3.86. The second kappa shape index (κ2) is 9.25. The molecule has 0 aliphatic heterocycles. The van der Waals surface area contributed by atoms with Crippen molar-refractivity contribution in [1.29, 1.82) is 0 Å². The minimum atomic E-state index is -1.73. The van der Waals surface area contributed by atoms with Gasteiger partial charge in [-0.25, -0.2) is 4.39 Å². The fraction of sp³-hybridized carbons (Fsp3) is 0.556. The fourth-order valence-corrected chi connectivity index (χ4v) is 2.06. The molecule has 0 bridgehead atoms. The lowest BCUT2D eigenvalue weighted by atomic mass is 9.82. The summed E-state index contributed by atoms with van der Waals surface area (Å²) in [5, 5.41) is 0. The van der Waals surface area contributed by atoms with E-state index in [9.17, 15) is 14.0 Å². The van der Waals surface area contributed by atoms with E-state index in [0.717, 1.165) is 18.9 Å². The van der Waals surface area contributed by atoms with E-state index in [0.29, 0.717) is 12.8 Å². The molecule has 0 atom stereocenters. The van der Waals surface area contributed by atoms with Crippen molar-refractivity contribution in [3.05, 3.63) is 29.6 Å². The Balaban J connectivity index is 3.11. The number of nitrogen functional groups attached to an aromatic ring is 1. The molecule has 5 nitrogen and oxygen atoms in total. The number of carbonyl (C=O) groups excluding carboxylic acids is 2. The van der Waals surface area contributed by atoms with Gasteiger partial charge in [-0.3, -0.25) is 9.59 Å². The first kappa shape index (κ1) is 19.9. The van der Waals surface area contributed by atoms with Crippen LogP contribution in [0, 0.1) is 5.82 Å². The van der Waals surface area contributed by atoms with Gasteiger partial charge in [-0.05, 0) is 37.5 Å². The Bertz CT molecular complexity index is 552. The molecule has 0 heterocycles. The average molecular weight is 339 g/mol. The van der Waals surface area contributed by atoms with Crippen molar-refractivity contribution < 1.29 is 23.5 Å². The monoisotopic (exact) mass is 339 g/mol. The van der Waals surface area contributed by atoms with Crippen molar-refractivity contribution in [2.45, 2.75) is 51.9 Å². The van der Waals surface area contributed by atoms with Crippen molar-refractivity contribution in [3.8, 4) is 0 Å². The van der Waals surface area contributed by atoms with E-state index in [1.165, 1.54) is 19.1 Å². The molecule has 1 rings (SSSR count). The maximum Gasteiger partial charge on any atom is 0.327 e. The Morgan fingerprint density at radius 1 is 1.08 bits per heavy atom. The average Bonchev–Trinajstić information content (AvgIpc) is 2.56. The van der Waals surface area contributed by atoms with Crippen LogP contribution in [0.4, 0.5) is 10.1 Å². The summed E-state index contributed by atoms with van der Waals surface area (Å²) in [6, 6.07) is 3.85. The molecule has 0 unspecified atom stereocenters. The van der Waals surface area contributed by atoms with Crippen LogP contribution in [0.5, 0.6) is 0 Å². The van der Waals surface area contributed by atoms with Crippen molar-refractivity contribution in [2.75, 3.05) is 18.9 Å². The normalized spacial score (nSPS) is 11.2. The molecule has 6 heteroatoms. The van der Waals surface area contributed by atoms with E-state index in [4.69, 9.17) is 15.2 Å². The van der Waals surface area contributed by atoms with Crippen LogP contribution >= 0.6 is 0 Å². The zero-order valence-electron chi connectivity index (χ0n) is 14.6. The van der Waals surface area contributed by atoms with Gasteiger partial charge in [0.1, 0.15) is 5.82 Å². The number of hydrogen-bond acceptors (Lipinski definition) is 5. The Kier molecular flexibility index (Phi) is 7.68. The molecule has 0 aliphatic rings. The molecule has 0 fully saturated rings. The zero-order chi connectivity index (χ0) is 18.2. The number of benzene rings is 1. The lowest BCUT2D eigenvalue weighted by Gasteiger charge is -2.26. The molecule has 0 saturated carbocycles. The molecule has 0 saturated heterocycles. The van der Waals surface area contributed by atoms with Gasteiger partial charge in [0.25, 0.3) is 0 Å². The van der Waals surface area contributed by atoms with Crippen LogP contribution < -0.4 is 5.73 Å². The predicted molar refractivity (Wildman–Crippen MR) is 89.9 cm³/mol. The molecule has 0 spiro atoms. The minimum Gasteiger partial charge on any atom is -0.465 e.